The molecule has 1 saturated heterocycles. The molecule has 134 valence electrons. The van der Waals surface area contributed by atoms with Gasteiger partial charge in [0.2, 0.25) is 5.43 Å². The number of aryl methyl sites for hydroxylation is 2. The predicted octanol–water partition coefficient (Wildman–Crippen LogP) is 0.787. The molecule has 7 heteroatoms. The summed E-state index contributed by atoms with van der Waals surface area (Å²) in [6.45, 7) is 8.96. The number of carbonyl (C=O) groups excluding carboxylic acids is 1. The highest BCUT2D eigenvalue weighted by atomic mass is 16.5. The summed E-state index contributed by atoms with van der Waals surface area (Å²) in [5, 5.41) is 3.34. The molecule has 0 bridgehead atoms. The van der Waals surface area contributed by atoms with Crippen LogP contribution in [-0.2, 0) is 11.3 Å². The normalized spacial score (nSPS) is 15.4. The second kappa shape index (κ2) is 7.76. The lowest BCUT2D eigenvalue weighted by Gasteiger charge is -2.26. The molecular weight excluding hydrogens is 320 g/mol. The van der Waals surface area contributed by atoms with E-state index in [0.29, 0.717) is 24.1 Å². The second-order valence-corrected chi connectivity index (χ2v) is 6.19. The molecule has 1 amide bonds. The highest BCUT2D eigenvalue weighted by Crippen LogP contribution is 2.11. The summed E-state index contributed by atoms with van der Waals surface area (Å²) in [5.74, 6) is -0.331. The Bertz CT molecular complexity index is 825. The quantitative estimate of drug-likeness (QED) is 0.868. The number of nitrogens with one attached hydrogen (secondary N) is 1. The van der Waals surface area contributed by atoms with Gasteiger partial charge in [-0.1, -0.05) is 0 Å². The average molecular weight is 344 g/mol. The van der Waals surface area contributed by atoms with Crippen molar-refractivity contribution < 1.29 is 9.53 Å². The summed E-state index contributed by atoms with van der Waals surface area (Å²) in [7, 11) is 0. The Morgan fingerprint density at radius 2 is 2.08 bits per heavy atom. The van der Waals surface area contributed by atoms with Crippen molar-refractivity contribution in [2.75, 3.05) is 39.4 Å². The average Bonchev–Trinajstić information content (AvgIpc) is 2.62. The van der Waals surface area contributed by atoms with E-state index < -0.39 is 0 Å². The number of hydrogen-bond donors (Lipinski definition) is 1. The van der Waals surface area contributed by atoms with E-state index in [0.717, 1.165) is 38.5 Å². The molecule has 3 rings (SSSR count). The van der Waals surface area contributed by atoms with E-state index >= 15 is 0 Å². The summed E-state index contributed by atoms with van der Waals surface area (Å²) < 4.78 is 7.16. The number of ether oxygens (including phenoxy) is 1. The van der Waals surface area contributed by atoms with Gasteiger partial charge in [-0.3, -0.25) is 14.5 Å². The predicted molar refractivity (Wildman–Crippen MR) is 96.0 cm³/mol. The fraction of sp³-hybridized carbons (Fsp3) is 0.500. The van der Waals surface area contributed by atoms with Gasteiger partial charge in [0.25, 0.3) is 5.91 Å². The molecule has 0 aromatic carbocycles. The molecule has 1 aliphatic rings. The largest absolute Gasteiger partial charge is 0.379 e. The first kappa shape index (κ1) is 17.6. The van der Waals surface area contributed by atoms with Crippen LogP contribution in [-0.4, -0.2) is 59.8 Å². The Labute approximate surface area is 146 Å². The van der Waals surface area contributed by atoms with E-state index in [1.165, 1.54) is 0 Å². The zero-order valence-corrected chi connectivity index (χ0v) is 14.7. The van der Waals surface area contributed by atoms with E-state index in [2.05, 4.69) is 15.2 Å². The van der Waals surface area contributed by atoms with Gasteiger partial charge in [0.05, 0.1) is 18.6 Å². The van der Waals surface area contributed by atoms with Crippen LogP contribution < -0.4 is 10.7 Å². The maximum Gasteiger partial charge on any atom is 0.256 e. The molecule has 0 radical (unpaired) electrons. The van der Waals surface area contributed by atoms with Crippen LogP contribution in [0.25, 0.3) is 11.0 Å². The van der Waals surface area contributed by atoms with Crippen LogP contribution in [0.4, 0.5) is 0 Å². The van der Waals surface area contributed by atoms with Crippen LogP contribution in [0.3, 0.4) is 0 Å². The van der Waals surface area contributed by atoms with Crippen molar-refractivity contribution in [3.63, 3.8) is 0 Å². The summed E-state index contributed by atoms with van der Waals surface area (Å²) >= 11 is 0. The lowest BCUT2D eigenvalue weighted by Crippen LogP contribution is -2.42. The number of morpholine rings is 1. The number of fused-ring (bicyclic) bond motifs is 1. The molecule has 7 nitrogen and oxygen atoms in total. The molecule has 0 spiro atoms. The second-order valence-electron chi connectivity index (χ2n) is 6.19. The summed E-state index contributed by atoms with van der Waals surface area (Å²) in [6.07, 6.45) is 1.61. The third kappa shape index (κ3) is 3.88. The lowest BCUT2D eigenvalue weighted by atomic mass is 10.1. The first-order valence-electron chi connectivity index (χ1n) is 8.69. The third-order valence-electron chi connectivity index (χ3n) is 4.46. The minimum absolute atomic E-state index is 0.169. The van der Waals surface area contributed by atoms with Gasteiger partial charge in [0, 0.05) is 44.6 Å². The summed E-state index contributed by atoms with van der Waals surface area (Å²) in [5.41, 5.74) is 1.37. The fourth-order valence-electron chi connectivity index (χ4n) is 3.01. The minimum atomic E-state index is -0.331. The molecule has 0 saturated carbocycles. The monoisotopic (exact) mass is 344 g/mol. The maximum atomic E-state index is 12.7. The molecule has 1 N–H and O–H groups in total. The Kier molecular flexibility index (Phi) is 5.45. The van der Waals surface area contributed by atoms with Crippen molar-refractivity contribution in [3.05, 3.63) is 39.8 Å². The smallest absolute Gasteiger partial charge is 0.256 e. The van der Waals surface area contributed by atoms with Crippen molar-refractivity contribution in [1.29, 1.82) is 0 Å². The number of carbonyl (C=O) groups is 1. The van der Waals surface area contributed by atoms with Crippen LogP contribution in [0.15, 0.2) is 23.1 Å². The van der Waals surface area contributed by atoms with Crippen LogP contribution >= 0.6 is 0 Å². The molecule has 0 unspecified atom stereocenters. The standard InChI is InChI=1S/C18H24N4O3/c1-3-22-12-15(16(23)14-5-4-13(2)20-17(14)22)18(24)19-6-7-21-8-10-25-11-9-21/h4-5,12H,3,6-11H2,1-2H3,(H,19,24). The van der Waals surface area contributed by atoms with Crippen molar-refractivity contribution in [2.45, 2.75) is 20.4 Å². The van der Waals surface area contributed by atoms with Crippen molar-refractivity contribution >= 4 is 16.9 Å². The van der Waals surface area contributed by atoms with Gasteiger partial charge in [0.15, 0.2) is 0 Å². The van der Waals surface area contributed by atoms with Gasteiger partial charge in [-0.2, -0.15) is 0 Å². The summed E-state index contributed by atoms with van der Waals surface area (Å²) in [4.78, 5) is 31.9. The van der Waals surface area contributed by atoms with Gasteiger partial charge >= 0.3 is 0 Å². The highest BCUT2D eigenvalue weighted by molar-refractivity contribution is 5.96. The first-order chi connectivity index (χ1) is 12.1. The van der Waals surface area contributed by atoms with Gasteiger partial charge in [-0.15, -0.1) is 0 Å². The third-order valence-corrected chi connectivity index (χ3v) is 4.46. The van der Waals surface area contributed by atoms with Gasteiger partial charge in [0.1, 0.15) is 11.2 Å². The van der Waals surface area contributed by atoms with E-state index in [4.69, 9.17) is 4.74 Å². The van der Waals surface area contributed by atoms with Crippen molar-refractivity contribution in [2.24, 2.45) is 0 Å². The van der Waals surface area contributed by atoms with E-state index in [-0.39, 0.29) is 16.9 Å². The lowest BCUT2D eigenvalue weighted by molar-refractivity contribution is 0.0383. The zero-order chi connectivity index (χ0) is 17.8. The van der Waals surface area contributed by atoms with Crippen LogP contribution in [0.1, 0.15) is 23.0 Å². The number of nitrogens with zero attached hydrogens (tertiary/aromatic N) is 3. The molecule has 1 aliphatic heterocycles. The highest BCUT2D eigenvalue weighted by Gasteiger charge is 2.16. The molecule has 2 aromatic heterocycles. The molecular formula is C18H24N4O3. The topological polar surface area (TPSA) is 76.5 Å². The van der Waals surface area contributed by atoms with E-state index in [1.54, 1.807) is 18.3 Å². The fourth-order valence-corrected chi connectivity index (χ4v) is 3.01. The molecule has 1 fully saturated rings. The number of hydrogen-bond acceptors (Lipinski definition) is 5. The Balaban J connectivity index is 1.77. The van der Waals surface area contributed by atoms with E-state index in [1.807, 2.05) is 18.4 Å². The van der Waals surface area contributed by atoms with Crippen LogP contribution in [0, 0.1) is 6.92 Å². The van der Waals surface area contributed by atoms with Crippen LogP contribution in [0.2, 0.25) is 0 Å². The Morgan fingerprint density at radius 3 is 2.80 bits per heavy atom. The SMILES string of the molecule is CCn1cc(C(=O)NCCN2CCOCC2)c(=O)c2ccc(C)nc21. The molecule has 2 aromatic rings. The molecule has 25 heavy (non-hydrogen) atoms. The summed E-state index contributed by atoms with van der Waals surface area (Å²) in [6, 6.07) is 3.54. The van der Waals surface area contributed by atoms with Gasteiger partial charge in [-0.05, 0) is 26.0 Å². The Hall–Kier alpha value is -2.25. The number of amides is 1. The maximum absolute atomic E-state index is 12.7. The molecule has 0 atom stereocenters. The molecule has 0 aliphatic carbocycles. The van der Waals surface area contributed by atoms with Crippen LogP contribution in [0.5, 0.6) is 0 Å². The Morgan fingerprint density at radius 1 is 1.32 bits per heavy atom. The zero-order valence-electron chi connectivity index (χ0n) is 14.7. The van der Waals surface area contributed by atoms with Crippen molar-refractivity contribution in [1.82, 2.24) is 19.8 Å². The van der Waals surface area contributed by atoms with E-state index in [9.17, 15) is 9.59 Å². The number of pyridine rings is 2. The number of rotatable bonds is 5. The van der Waals surface area contributed by atoms with Gasteiger partial charge in [-0.25, -0.2) is 4.98 Å². The van der Waals surface area contributed by atoms with Gasteiger partial charge < -0.3 is 14.6 Å². The molecule has 3 heterocycles. The minimum Gasteiger partial charge on any atom is -0.379 e. The first-order valence-corrected chi connectivity index (χ1v) is 8.69. The number of aromatic nitrogens is 2. The van der Waals surface area contributed by atoms with Crippen molar-refractivity contribution in [3.8, 4) is 0 Å².